The molecule has 1 aromatic carbocycles. The number of carbonyl (C=O) groups is 3. The zero-order valence-electron chi connectivity index (χ0n) is 30.3. The Bertz CT molecular complexity index is 2120. The van der Waals surface area contributed by atoms with E-state index in [1.165, 1.54) is 32.0 Å². The largest absolute Gasteiger partial charge is 0.507 e. The van der Waals surface area contributed by atoms with Gasteiger partial charge in [-0.2, -0.15) is 4.31 Å². The zero-order chi connectivity index (χ0) is 43.2. The number of nitrogens with one attached hydrogen (secondary N) is 2. The number of fused-ring (bicyclic) bond motifs is 1. The minimum absolute atomic E-state index is 0.0170. The molecule has 1 saturated heterocycles. The lowest BCUT2D eigenvalue weighted by Gasteiger charge is -2.30. The molecule has 30 heteroatoms. The second-order valence-corrected chi connectivity index (χ2v) is 18.3. The van der Waals surface area contributed by atoms with Crippen LogP contribution in [0.25, 0.3) is 11.2 Å². The van der Waals surface area contributed by atoms with Gasteiger partial charge in [-0.25, -0.2) is 28.6 Å². The number of phenols is 1. The fourth-order valence-electron chi connectivity index (χ4n) is 5.07. The smallest absolute Gasteiger partial charge is 0.481 e. The standard InChI is InChI=1S/C28H41N8O18P3S/c1-28(2,22(40)25(41)32-6-5-18(38)31-7-8-58-27(42)15-9-14(29)3-4-16(15)37)11-51-57(48,49)54-56(46,47)50-10-17-21(53-55(43,44)45)20(39)26(52-17)36-13-35-19-23(30)33-12-34-24(19)36/h3-4,9,12-13,17,20-22,26,37,39-40H,5-8,10-11,29H2,1-2H3,(H,31,38)(H,32,41)(H,46,47)(H,48,49)(H2,30,33,34)(H2,43,44,45). The molecule has 0 aliphatic carbocycles. The van der Waals surface area contributed by atoms with Crippen molar-refractivity contribution in [3.05, 3.63) is 36.4 Å². The van der Waals surface area contributed by atoms with Crippen molar-refractivity contribution in [2.45, 2.75) is 50.9 Å². The number of nitrogens with two attached hydrogens (primary N) is 2. The van der Waals surface area contributed by atoms with Gasteiger partial charge in [0.1, 0.15) is 42.0 Å². The van der Waals surface area contributed by atoms with Gasteiger partial charge < -0.3 is 61.7 Å². The maximum absolute atomic E-state index is 12.7. The number of aromatic nitrogens is 4. The summed E-state index contributed by atoms with van der Waals surface area (Å²) in [7, 11) is -16.4. The van der Waals surface area contributed by atoms with Crippen LogP contribution < -0.4 is 22.1 Å². The zero-order valence-corrected chi connectivity index (χ0v) is 33.8. The molecule has 26 nitrogen and oxygen atoms in total. The Kier molecular flexibility index (Phi) is 15.6. The molecule has 1 aliphatic heterocycles. The van der Waals surface area contributed by atoms with Crippen LogP contribution in [0.1, 0.15) is 36.9 Å². The van der Waals surface area contributed by atoms with Crippen LogP contribution in [-0.4, -0.2) is 128 Å². The van der Waals surface area contributed by atoms with Gasteiger partial charge in [0.05, 0.1) is 25.1 Å². The lowest BCUT2D eigenvalue weighted by Crippen LogP contribution is -2.46. The molecule has 0 bridgehead atoms. The monoisotopic (exact) mass is 902 g/mol. The molecule has 322 valence electrons. The third kappa shape index (κ3) is 12.9. The predicted molar refractivity (Wildman–Crippen MR) is 199 cm³/mol. The number of rotatable bonds is 20. The Morgan fingerprint density at radius 3 is 2.41 bits per heavy atom. The molecule has 0 spiro atoms. The van der Waals surface area contributed by atoms with Crippen LogP contribution in [0.15, 0.2) is 30.9 Å². The van der Waals surface area contributed by atoms with E-state index >= 15 is 0 Å². The molecule has 7 atom stereocenters. The summed E-state index contributed by atoms with van der Waals surface area (Å²) in [5, 5.41) is 35.6. The second kappa shape index (κ2) is 19.2. The van der Waals surface area contributed by atoms with E-state index in [2.05, 4.69) is 34.4 Å². The van der Waals surface area contributed by atoms with Crippen molar-refractivity contribution in [2.75, 3.05) is 43.5 Å². The predicted octanol–water partition coefficient (Wildman–Crippen LogP) is -0.734. The number of aromatic hydroxyl groups is 1. The number of amides is 2. The van der Waals surface area contributed by atoms with Crippen LogP contribution in [0.4, 0.5) is 11.5 Å². The van der Waals surface area contributed by atoms with Crippen molar-refractivity contribution in [2.24, 2.45) is 5.41 Å². The van der Waals surface area contributed by atoms with E-state index < -0.39 is 89.7 Å². The summed E-state index contributed by atoms with van der Waals surface area (Å²) in [6.45, 7) is 0.209. The number of ether oxygens (including phenoxy) is 1. The first kappa shape index (κ1) is 47.1. The number of aliphatic hydroxyl groups is 2. The van der Waals surface area contributed by atoms with Gasteiger partial charge >= 0.3 is 23.5 Å². The quantitative estimate of drug-likeness (QED) is 0.0288. The molecule has 1 aliphatic rings. The topological polar surface area (TPSA) is 410 Å². The Morgan fingerprint density at radius 2 is 1.72 bits per heavy atom. The van der Waals surface area contributed by atoms with Crippen LogP contribution in [0.5, 0.6) is 5.75 Å². The molecule has 2 amide bonds. The van der Waals surface area contributed by atoms with Crippen LogP contribution >= 0.6 is 35.2 Å². The normalized spacial score (nSPS) is 21.2. The van der Waals surface area contributed by atoms with Crippen molar-refractivity contribution >= 4 is 74.8 Å². The van der Waals surface area contributed by atoms with Gasteiger partial charge in [0, 0.05) is 36.4 Å². The van der Waals surface area contributed by atoms with E-state index in [1.54, 1.807) is 0 Å². The van der Waals surface area contributed by atoms with Gasteiger partial charge in [0.25, 0.3) is 0 Å². The highest BCUT2D eigenvalue weighted by molar-refractivity contribution is 8.14. The molecule has 0 saturated carbocycles. The minimum Gasteiger partial charge on any atom is -0.507 e. The molecule has 2 aromatic heterocycles. The number of benzene rings is 1. The Labute approximate surface area is 332 Å². The molecular formula is C28H41N8O18P3S. The van der Waals surface area contributed by atoms with Crippen LogP contribution in [0, 0.1) is 5.41 Å². The first-order chi connectivity index (χ1) is 26.9. The van der Waals surface area contributed by atoms with E-state index in [-0.39, 0.29) is 59.2 Å². The second-order valence-electron chi connectivity index (χ2n) is 13.0. The molecular weight excluding hydrogens is 861 g/mol. The molecule has 3 aromatic rings. The van der Waals surface area contributed by atoms with Crippen LogP contribution in [0.2, 0.25) is 0 Å². The lowest BCUT2D eigenvalue weighted by molar-refractivity contribution is -0.137. The van der Waals surface area contributed by atoms with E-state index in [0.717, 1.165) is 29.0 Å². The Hall–Kier alpha value is -3.62. The van der Waals surface area contributed by atoms with Crippen LogP contribution in [0.3, 0.4) is 0 Å². The van der Waals surface area contributed by atoms with Crippen molar-refractivity contribution in [1.82, 2.24) is 30.2 Å². The molecule has 0 radical (unpaired) electrons. The number of phosphoric acid groups is 3. The van der Waals surface area contributed by atoms with E-state index in [4.69, 9.17) is 25.3 Å². The number of carbonyl (C=O) groups excluding carboxylic acids is 3. The van der Waals surface area contributed by atoms with Crippen LogP contribution in [-0.2, 0) is 45.9 Å². The number of anilines is 2. The number of nitrogens with zero attached hydrogens (tertiary/aromatic N) is 4. The number of thioether (sulfide) groups is 1. The fourth-order valence-corrected chi connectivity index (χ4v) is 8.61. The summed E-state index contributed by atoms with van der Waals surface area (Å²) in [4.78, 5) is 87.9. The summed E-state index contributed by atoms with van der Waals surface area (Å²) in [6, 6.07) is 4.03. The van der Waals surface area contributed by atoms with Crippen molar-refractivity contribution in [1.29, 1.82) is 0 Å². The first-order valence-corrected chi connectivity index (χ1v) is 22.0. The van der Waals surface area contributed by atoms with E-state index in [9.17, 15) is 63.0 Å². The van der Waals surface area contributed by atoms with Crippen molar-refractivity contribution < 1.29 is 85.6 Å². The minimum atomic E-state index is -5.59. The molecule has 13 N–H and O–H groups in total. The molecule has 3 heterocycles. The summed E-state index contributed by atoms with van der Waals surface area (Å²) < 4.78 is 62.1. The van der Waals surface area contributed by atoms with Gasteiger partial charge in [-0.05, 0) is 18.2 Å². The average Bonchev–Trinajstić information content (AvgIpc) is 3.69. The first-order valence-electron chi connectivity index (χ1n) is 16.5. The summed E-state index contributed by atoms with van der Waals surface area (Å²) in [5.41, 5.74) is 10.1. The number of hydrogen-bond donors (Lipinski definition) is 11. The summed E-state index contributed by atoms with van der Waals surface area (Å²) in [6.07, 6.45) is -7.08. The van der Waals surface area contributed by atoms with E-state index in [0.29, 0.717) is 0 Å². The highest BCUT2D eigenvalue weighted by Crippen LogP contribution is 2.61. The number of aliphatic hydroxyl groups excluding tert-OH is 2. The summed E-state index contributed by atoms with van der Waals surface area (Å²) >= 11 is 0.831. The number of phosphoric ester groups is 3. The van der Waals surface area contributed by atoms with Crippen molar-refractivity contribution in [3.8, 4) is 5.75 Å². The number of phenolic OH excluding ortho intramolecular Hbond substituents is 1. The number of hydrogen-bond acceptors (Lipinski definition) is 20. The number of nitrogen functional groups attached to an aromatic ring is 2. The van der Waals surface area contributed by atoms with Gasteiger partial charge in [0.15, 0.2) is 17.7 Å². The lowest BCUT2D eigenvalue weighted by atomic mass is 9.87. The maximum atomic E-state index is 12.7. The SMILES string of the molecule is CC(C)(COP(=O)(O)OP(=O)(O)OCC1OC(n2cnc3c(N)ncnc32)C(O)C1OP(=O)(O)O)C(O)C(=O)NCCC(=O)NCCSC(=O)c1cc(N)ccc1O. The van der Waals surface area contributed by atoms with Gasteiger partial charge in [-0.1, -0.05) is 25.6 Å². The third-order valence-corrected chi connectivity index (χ3v) is 12.0. The average molecular weight is 903 g/mol. The highest BCUT2D eigenvalue weighted by atomic mass is 32.2. The molecule has 4 rings (SSSR count). The van der Waals surface area contributed by atoms with Gasteiger partial charge in [0.2, 0.25) is 16.9 Å². The highest BCUT2D eigenvalue weighted by Gasteiger charge is 2.50. The molecule has 58 heavy (non-hydrogen) atoms. The number of imidazole rings is 1. The van der Waals surface area contributed by atoms with Gasteiger partial charge in [-0.3, -0.25) is 32.5 Å². The third-order valence-electron chi connectivity index (χ3n) is 7.98. The maximum Gasteiger partial charge on any atom is 0.481 e. The molecule has 1 fully saturated rings. The van der Waals surface area contributed by atoms with Crippen molar-refractivity contribution in [3.63, 3.8) is 0 Å². The van der Waals surface area contributed by atoms with E-state index in [1.807, 2.05) is 0 Å². The summed E-state index contributed by atoms with van der Waals surface area (Å²) in [5.74, 6) is -1.67. The Morgan fingerprint density at radius 1 is 1.03 bits per heavy atom. The Balaban J connectivity index is 1.23. The fraction of sp³-hybridized carbons (Fsp3) is 0.500. The van der Waals surface area contributed by atoms with Gasteiger partial charge in [-0.15, -0.1) is 0 Å². The molecule has 7 unspecified atom stereocenters.